The van der Waals surface area contributed by atoms with E-state index in [1.54, 1.807) is 11.0 Å². The molecule has 5 nitrogen and oxygen atoms in total. The molecule has 0 saturated heterocycles. The molecule has 1 heterocycles. The summed E-state index contributed by atoms with van der Waals surface area (Å²) in [4.78, 5) is 23.7. The summed E-state index contributed by atoms with van der Waals surface area (Å²) in [7, 11) is 0. The van der Waals surface area contributed by atoms with E-state index in [0.717, 1.165) is 11.1 Å². The molecule has 96 valence electrons. The second-order valence-electron chi connectivity index (χ2n) is 4.11. The van der Waals surface area contributed by atoms with Crippen LogP contribution in [0, 0.1) is 0 Å². The average Bonchev–Trinajstić information content (AvgIpc) is 2.74. The van der Waals surface area contributed by atoms with Gasteiger partial charge >= 0.3 is 12.0 Å². The molecule has 0 bridgehead atoms. The summed E-state index contributed by atoms with van der Waals surface area (Å²) in [6.45, 7) is 1.11. The number of nitrogens with one attached hydrogen (secondary N) is 1. The Kier molecular flexibility index (Phi) is 3.72. The van der Waals surface area contributed by atoms with Crippen LogP contribution < -0.4 is 5.32 Å². The quantitative estimate of drug-likeness (QED) is 0.879. The highest BCUT2D eigenvalue weighted by Crippen LogP contribution is 2.28. The number of aliphatic carboxylic acids is 1. The van der Waals surface area contributed by atoms with E-state index in [4.69, 9.17) is 16.7 Å². The number of fused-ring (bicyclic) bond motifs is 1. The van der Waals surface area contributed by atoms with E-state index >= 15 is 0 Å². The highest BCUT2D eigenvalue weighted by Gasteiger charge is 2.24. The van der Waals surface area contributed by atoms with Crippen LogP contribution in [-0.2, 0) is 17.9 Å². The monoisotopic (exact) mass is 268 g/mol. The fraction of sp³-hybridized carbons (Fsp3) is 0.333. The van der Waals surface area contributed by atoms with Gasteiger partial charge in [0, 0.05) is 24.7 Å². The van der Waals surface area contributed by atoms with Crippen molar-refractivity contribution in [2.45, 2.75) is 19.5 Å². The Labute approximate surface area is 109 Å². The second kappa shape index (κ2) is 5.27. The van der Waals surface area contributed by atoms with Gasteiger partial charge in [0.1, 0.15) is 0 Å². The Morgan fingerprint density at radius 3 is 2.83 bits per heavy atom. The van der Waals surface area contributed by atoms with Gasteiger partial charge in [-0.2, -0.15) is 0 Å². The molecule has 0 spiro atoms. The van der Waals surface area contributed by atoms with Crippen molar-refractivity contribution in [1.82, 2.24) is 10.2 Å². The number of benzene rings is 1. The van der Waals surface area contributed by atoms with Crippen molar-refractivity contribution in [3.8, 4) is 0 Å². The van der Waals surface area contributed by atoms with E-state index in [2.05, 4.69) is 5.32 Å². The van der Waals surface area contributed by atoms with Crippen molar-refractivity contribution in [3.05, 3.63) is 34.3 Å². The number of rotatable bonds is 3. The molecule has 0 unspecified atom stereocenters. The number of nitrogens with zero attached hydrogens (tertiary/aromatic N) is 1. The maximum atomic E-state index is 11.8. The Morgan fingerprint density at radius 1 is 1.39 bits per heavy atom. The van der Waals surface area contributed by atoms with Gasteiger partial charge in [-0.3, -0.25) is 4.79 Å². The average molecular weight is 269 g/mol. The van der Waals surface area contributed by atoms with Crippen LogP contribution in [0.15, 0.2) is 18.2 Å². The first-order valence-electron chi connectivity index (χ1n) is 5.59. The van der Waals surface area contributed by atoms with Crippen molar-refractivity contribution in [2.75, 3.05) is 6.54 Å². The molecular weight excluding hydrogens is 256 g/mol. The third-order valence-corrected chi connectivity index (χ3v) is 3.18. The molecule has 6 heteroatoms. The fourth-order valence-electron chi connectivity index (χ4n) is 1.91. The minimum Gasteiger partial charge on any atom is -0.481 e. The van der Waals surface area contributed by atoms with Gasteiger partial charge in [-0.25, -0.2) is 4.79 Å². The number of hydrogen-bond donors (Lipinski definition) is 2. The first-order chi connectivity index (χ1) is 8.58. The molecule has 2 amide bonds. The lowest BCUT2D eigenvalue weighted by molar-refractivity contribution is -0.136. The highest BCUT2D eigenvalue weighted by molar-refractivity contribution is 6.31. The van der Waals surface area contributed by atoms with E-state index in [0.29, 0.717) is 18.1 Å². The first kappa shape index (κ1) is 12.7. The predicted molar refractivity (Wildman–Crippen MR) is 66.4 cm³/mol. The maximum absolute atomic E-state index is 11.8. The summed E-state index contributed by atoms with van der Waals surface area (Å²) >= 11 is 6.05. The van der Waals surface area contributed by atoms with Gasteiger partial charge in [0.25, 0.3) is 0 Å². The standard InChI is InChI=1S/C12H13ClN2O3/c13-10-3-1-2-8-6-15(7-9(8)10)12(18)14-5-4-11(16)17/h1-3H,4-7H2,(H,14,18)(H,16,17). The molecular formula is C12H13ClN2O3. The number of hydrogen-bond acceptors (Lipinski definition) is 2. The molecule has 1 aromatic carbocycles. The Balaban J connectivity index is 1.92. The van der Waals surface area contributed by atoms with Crippen LogP contribution in [0.1, 0.15) is 17.5 Å². The Bertz CT molecular complexity index is 490. The van der Waals surface area contributed by atoms with Crippen LogP contribution in [0.3, 0.4) is 0 Å². The smallest absolute Gasteiger partial charge is 0.318 e. The molecule has 0 aromatic heterocycles. The number of halogens is 1. The number of carboxylic acids is 1. The highest BCUT2D eigenvalue weighted by atomic mass is 35.5. The normalized spacial score (nSPS) is 13.3. The molecule has 0 saturated carbocycles. The first-order valence-corrected chi connectivity index (χ1v) is 5.96. The zero-order chi connectivity index (χ0) is 13.1. The Hall–Kier alpha value is -1.75. The molecule has 0 atom stereocenters. The van der Waals surface area contributed by atoms with Crippen LogP contribution in [-0.4, -0.2) is 28.6 Å². The zero-order valence-corrected chi connectivity index (χ0v) is 10.4. The summed E-state index contributed by atoms with van der Waals surface area (Å²) in [5, 5.41) is 11.7. The second-order valence-corrected chi connectivity index (χ2v) is 4.52. The van der Waals surface area contributed by atoms with E-state index < -0.39 is 5.97 Å². The van der Waals surface area contributed by atoms with E-state index in [-0.39, 0.29) is 19.0 Å². The van der Waals surface area contributed by atoms with Gasteiger partial charge < -0.3 is 15.3 Å². The molecule has 18 heavy (non-hydrogen) atoms. The SMILES string of the molecule is O=C(O)CCNC(=O)N1Cc2cccc(Cl)c2C1. The summed E-state index contributed by atoms with van der Waals surface area (Å²) in [5.74, 6) is -0.928. The van der Waals surface area contributed by atoms with Crippen LogP contribution in [0.5, 0.6) is 0 Å². The molecule has 1 aliphatic rings. The summed E-state index contributed by atoms with van der Waals surface area (Å²) in [5.41, 5.74) is 2.00. The molecule has 2 rings (SSSR count). The predicted octanol–water partition coefficient (Wildman–Crippen LogP) is 1.84. The minimum absolute atomic E-state index is 0.0761. The van der Waals surface area contributed by atoms with E-state index in [1.807, 2.05) is 12.1 Å². The van der Waals surface area contributed by atoms with E-state index in [9.17, 15) is 9.59 Å². The maximum Gasteiger partial charge on any atom is 0.318 e. The van der Waals surface area contributed by atoms with E-state index in [1.165, 1.54) is 0 Å². The number of carboxylic acid groups (broad SMARTS) is 1. The van der Waals surface area contributed by atoms with Crippen molar-refractivity contribution in [1.29, 1.82) is 0 Å². The van der Waals surface area contributed by atoms with Gasteiger partial charge in [-0.15, -0.1) is 0 Å². The molecule has 1 aromatic rings. The molecule has 1 aliphatic heterocycles. The number of amides is 2. The summed E-state index contributed by atoms with van der Waals surface area (Å²) < 4.78 is 0. The van der Waals surface area contributed by atoms with Crippen LogP contribution >= 0.6 is 11.6 Å². The topological polar surface area (TPSA) is 69.6 Å². The van der Waals surface area contributed by atoms with Crippen LogP contribution in [0.4, 0.5) is 4.79 Å². The third-order valence-electron chi connectivity index (χ3n) is 2.83. The van der Waals surface area contributed by atoms with Gasteiger partial charge in [0.05, 0.1) is 6.42 Å². The van der Waals surface area contributed by atoms with Gasteiger partial charge in [-0.05, 0) is 17.2 Å². The van der Waals surface area contributed by atoms with Gasteiger partial charge in [0.2, 0.25) is 0 Å². The lowest BCUT2D eigenvalue weighted by Crippen LogP contribution is -2.37. The van der Waals surface area contributed by atoms with Crippen LogP contribution in [0.25, 0.3) is 0 Å². The summed E-state index contributed by atoms with van der Waals surface area (Å²) in [6, 6.07) is 5.33. The van der Waals surface area contributed by atoms with Crippen molar-refractivity contribution >= 4 is 23.6 Å². The lowest BCUT2D eigenvalue weighted by Gasteiger charge is -2.15. The zero-order valence-electron chi connectivity index (χ0n) is 9.65. The van der Waals surface area contributed by atoms with Crippen molar-refractivity contribution in [3.63, 3.8) is 0 Å². The molecule has 2 N–H and O–H groups in total. The molecule has 0 fully saturated rings. The lowest BCUT2D eigenvalue weighted by atomic mass is 10.1. The third kappa shape index (κ3) is 2.73. The minimum atomic E-state index is -0.928. The van der Waals surface area contributed by atoms with Crippen molar-refractivity contribution < 1.29 is 14.7 Å². The number of carbonyl (C=O) groups excluding carboxylic acids is 1. The summed E-state index contributed by atoms with van der Waals surface area (Å²) in [6.07, 6.45) is -0.0761. The molecule has 0 radical (unpaired) electrons. The molecule has 0 aliphatic carbocycles. The fourth-order valence-corrected chi connectivity index (χ4v) is 2.17. The number of urea groups is 1. The van der Waals surface area contributed by atoms with Crippen LogP contribution in [0.2, 0.25) is 5.02 Å². The van der Waals surface area contributed by atoms with Gasteiger partial charge in [-0.1, -0.05) is 23.7 Å². The van der Waals surface area contributed by atoms with Crippen molar-refractivity contribution in [2.24, 2.45) is 0 Å². The van der Waals surface area contributed by atoms with Gasteiger partial charge in [0.15, 0.2) is 0 Å². The Morgan fingerprint density at radius 2 is 2.17 bits per heavy atom. The largest absolute Gasteiger partial charge is 0.481 e. The number of carbonyl (C=O) groups is 2.